The number of rotatable bonds is 0. The molecule has 0 spiro atoms. The quantitative estimate of drug-likeness (QED) is 0.673. The van der Waals surface area contributed by atoms with Crippen molar-refractivity contribution in [3.63, 3.8) is 0 Å². The molecule has 1 unspecified atom stereocenters. The van der Waals surface area contributed by atoms with Crippen LogP contribution in [0.1, 0.15) is 6.92 Å². The highest BCUT2D eigenvalue weighted by Crippen LogP contribution is 2.34. The summed E-state index contributed by atoms with van der Waals surface area (Å²) >= 11 is 7.15. The zero-order valence-electron chi connectivity index (χ0n) is 6.87. The van der Waals surface area contributed by atoms with Crippen molar-refractivity contribution < 1.29 is 4.79 Å². The van der Waals surface area contributed by atoms with Crippen LogP contribution in [0.4, 0.5) is 5.69 Å². The molecule has 1 aromatic rings. The molecule has 1 aliphatic rings. The van der Waals surface area contributed by atoms with Crippen molar-refractivity contribution >= 4 is 35.0 Å². The molecule has 1 aliphatic heterocycles. The number of halogens is 1. The Hall–Kier alpha value is -0.740. The van der Waals surface area contributed by atoms with Gasteiger partial charge in [-0.3, -0.25) is 4.79 Å². The van der Waals surface area contributed by atoms with Crippen molar-refractivity contribution in [2.45, 2.75) is 17.2 Å². The highest BCUT2D eigenvalue weighted by atomic mass is 35.5. The fourth-order valence-electron chi connectivity index (χ4n) is 1.06. The van der Waals surface area contributed by atoms with Crippen LogP contribution < -0.4 is 5.32 Å². The van der Waals surface area contributed by atoms with E-state index in [-0.39, 0.29) is 11.2 Å². The van der Waals surface area contributed by atoms with E-state index in [2.05, 4.69) is 10.3 Å². The summed E-state index contributed by atoms with van der Waals surface area (Å²) < 4.78 is 0. The lowest BCUT2D eigenvalue weighted by Gasteiger charge is -2.19. The standard InChI is InChI=1S/C8H7ClN2OS/c1-4-7(12)10-5-2-3-6(9)11-8(5)13-4/h2-4H,1H3,(H,10,12). The molecular weight excluding hydrogens is 208 g/mol. The molecule has 1 N–H and O–H groups in total. The molecule has 0 saturated carbocycles. The first-order valence-corrected chi connectivity index (χ1v) is 5.06. The molecule has 0 aliphatic carbocycles. The highest BCUT2D eigenvalue weighted by Gasteiger charge is 2.23. The maximum absolute atomic E-state index is 11.2. The second kappa shape index (κ2) is 3.20. The number of thioether (sulfide) groups is 1. The lowest BCUT2D eigenvalue weighted by Crippen LogP contribution is -2.26. The molecule has 3 nitrogen and oxygen atoms in total. The van der Waals surface area contributed by atoms with Crippen molar-refractivity contribution in [1.29, 1.82) is 0 Å². The maximum atomic E-state index is 11.2. The molecule has 5 heteroatoms. The number of carbonyl (C=O) groups excluding carboxylic acids is 1. The Morgan fingerprint density at radius 3 is 3.15 bits per heavy atom. The number of anilines is 1. The number of fused-ring (bicyclic) bond motifs is 1. The van der Waals surface area contributed by atoms with Crippen LogP contribution in [0.2, 0.25) is 5.15 Å². The van der Waals surface area contributed by atoms with Gasteiger partial charge in [0.1, 0.15) is 10.2 Å². The average molecular weight is 215 g/mol. The minimum atomic E-state index is -0.0986. The zero-order chi connectivity index (χ0) is 9.42. The van der Waals surface area contributed by atoms with Gasteiger partial charge < -0.3 is 5.32 Å². The van der Waals surface area contributed by atoms with E-state index in [9.17, 15) is 4.79 Å². The van der Waals surface area contributed by atoms with Gasteiger partial charge in [0.25, 0.3) is 0 Å². The minimum absolute atomic E-state index is 0.0154. The summed E-state index contributed by atoms with van der Waals surface area (Å²) in [5.41, 5.74) is 0.748. The molecule has 1 amide bonds. The smallest absolute Gasteiger partial charge is 0.237 e. The van der Waals surface area contributed by atoms with Crippen molar-refractivity contribution in [2.24, 2.45) is 0 Å². The third-order valence-corrected chi connectivity index (χ3v) is 3.05. The van der Waals surface area contributed by atoms with Gasteiger partial charge in [-0.05, 0) is 19.1 Å². The van der Waals surface area contributed by atoms with Gasteiger partial charge in [0, 0.05) is 0 Å². The lowest BCUT2D eigenvalue weighted by molar-refractivity contribution is -0.115. The summed E-state index contributed by atoms with van der Waals surface area (Å²) in [7, 11) is 0. The summed E-state index contributed by atoms with van der Waals surface area (Å²) in [6.07, 6.45) is 0. The molecule has 1 atom stereocenters. The monoisotopic (exact) mass is 214 g/mol. The molecule has 0 aromatic carbocycles. The van der Waals surface area contributed by atoms with Gasteiger partial charge in [0.05, 0.1) is 10.9 Å². The normalized spacial score (nSPS) is 20.8. The Labute approximate surface area is 84.9 Å². The third kappa shape index (κ3) is 1.64. The summed E-state index contributed by atoms with van der Waals surface area (Å²) in [6.45, 7) is 1.84. The van der Waals surface area contributed by atoms with E-state index in [4.69, 9.17) is 11.6 Å². The number of nitrogens with zero attached hydrogens (tertiary/aromatic N) is 1. The molecule has 0 bridgehead atoms. The van der Waals surface area contributed by atoms with Gasteiger partial charge in [-0.25, -0.2) is 4.98 Å². The van der Waals surface area contributed by atoms with E-state index in [1.54, 1.807) is 12.1 Å². The molecule has 0 fully saturated rings. The Bertz CT molecular complexity index is 369. The van der Waals surface area contributed by atoms with Crippen molar-refractivity contribution in [3.8, 4) is 0 Å². The van der Waals surface area contributed by atoms with Gasteiger partial charge >= 0.3 is 0 Å². The Kier molecular flexibility index (Phi) is 2.17. The van der Waals surface area contributed by atoms with E-state index in [1.165, 1.54) is 11.8 Å². The number of amides is 1. The molecule has 13 heavy (non-hydrogen) atoms. The first-order chi connectivity index (χ1) is 6.16. The van der Waals surface area contributed by atoms with Gasteiger partial charge in [-0.15, -0.1) is 0 Å². The van der Waals surface area contributed by atoms with Crippen LogP contribution in [-0.2, 0) is 4.79 Å². The molecule has 0 saturated heterocycles. The number of carbonyl (C=O) groups is 1. The first kappa shape index (κ1) is 8.84. The molecule has 2 heterocycles. The Morgan fingerprint density at radius 1 is 1.62 bits per heavy atom. The van der Waals surface area contributed by atoms with E-state index in [0.29, 0.717) is 5.15 Å². The van der Waals surface area contributed by atoms with Crippen molar-refractivity contribution in [1.82, 2.24) is 4.98 Å². The highest BCUT2D eigenvalue weighted by molar-refractivity contribution is 8.00. The summed E-state index contributed by atoms with van der Waals surface area (Å²) in [5, 5.41) is 3.90. The molecule has 2 rings (SSSR count). The van der Waals surface area contributed by atoms with Crippen molar-refractivity contribution in [2.75, 3.05) is 5.32 Å². The van der Waals surface area contributed by atoms with E-state index in [1.807, 2.05) is 6.92 Å². The zero-order valence-corrected chi connectivity index (χ0v) is 8.45. The average Bonchev–Trinajstić information content (AvgIpc) is 2.08. The fraction of sp³-hybridized carbons (Fsp3) is 0.250. The van der Waals surface area contributed by atoms with Crippen LogP contribution in [0.5, 0.6) is 0 Å². The predicted octanol–water partition coefficient (Wildman–Crippen LogP) is 2.17. The predicted molar refractivity (Wildman–Crippen MR) is 53.2 cm³/mol. The van der Waals surface area contributed by atoms with Crippen LogP contribution >= 0.6 is 23.4 Å². The number of aromatic nitrogens is 1. The van der Waals surface area contributed by atoms with E-state index >= 15 is 0 Å². The fourth-order valence-corrected chi connectivity index (χ4v) is 2.15. The SMILES string of the molecule is CC1Sc2nc(Cl)ccc2NC1=O. The van der Waals surface area contributed by atoms with Crippen LogP contribution in [0, 0.1) is 0 Å². The van der Waals surface area contributed by atoms with Crippen LogP contribution in [0.3, 0.4) is 0 Å². The number of nitrogens with one attached hydrogen (secondary N) is 1. The molecule has 68 valence electrons. The van der Waals surface area contributed by atoms with Gasteiger partial charge in [-0.1, -0.05) is 23.4 Å². The van der Waals surface area contributed by atoms with E-state index in [0.717, 1.165) is 10.7 Å². The van der Waals surface area contributed by atoms with Gasteiger partial charge in [0.2, 0.25) is 5.91 Å². The molecule has 1 aromatic heterocycles. The maximum Gasteiger partial charge on any atom is 0.237 e. The minimum Gasteiger partial charge on any atom is -0.323 e. The van der Waals surface area contributed by atoms with Gasteiger partial charge in [0.15, 0.2) is 0 Å². The van der Waals surface area contributed by atoms with Crippen molar-refractivity contribution in [3.05, 3.63) is 17.3 Å². The third-order valence-electron chi connectivity index (χ3n) is 1.74. The van der Waals surface area contributed by atoms with Crippen LogP contribution in [0.15, 0.2) is 17.2 Å². The Balaban J connectivity index is 2.42. The number of pyridine rings is 1. The lowest BCUT2D eigenvalue weighted by atomic mass is 10.3. The van der Waals surface area contributed by atoms with Crippen LogP contribution in [0.25, 0.3) is 0 Å². The summed E-state index contributed by atoms with van der Waals surface area (Å²) in [6, 6.07) is 3.43. The number of hydrogen-bond donors (Lipinski definition) is 1. The second-order valence-electron chi connectivity index (χ2n) is 2.74. The van der Waals surface area contributed by atoms with Gasteiger partial charge in [-0.2, -0.15) is 0 Å². The molecule has 0 radical (unpaired) electrons. The van der Waals surface area contributed by atoms with Crippen LogP contribution in [-0.4, -0.2) is 16.1 Å². The summed E-state index contributed by atoms with van der Waals surface area (Å²) in [4.78, 5) is 15.4. The second-order valence-corrected chi connectivity index (χ2v) is 4.45. The topological polar surface area (TPSA) is 42.0 Å². The van der Waals surface area contributed by atoms with E-state index < -0.39 is 0 Å². The summed E-state index contributed by atoms with van der Waals surface area (Å²) in [5.74, 6) is 0.0154. The number of hydrogen-bond acceptors (Lipinski definition) is 3. The molecular formula is C8H7ClN2OS. The first-order valence-electron chi connectivity index (χ1n) is 3.81. The Morgan fingerprint density at radius 2 is 2.38 bits per heavy atom. The largest absolute Gasteiger partial charge is 0.323 e.